The fraction of sp³-hybridized carbons (Fsp3) is 0.714. The highest BCUT2D eigenvalue weighted by molar-refractivity contribution is 5.89. The second-order valence-corrected chi connectivity index (χ2v) is 11.5. The second-order valence-electron chi connectivity index (χ2n) is 11.5. The molecule has 4 rings (SSSR count). The number of hydrogen-bond acceptors (Lipinski definition) is 5. The minimum atomic E-state index is -0.621. The Morgan fingerprint density at radius 3 is 2.70 bits per heavy atom. The predicted molar refractivity (Wildman–Crippen MR) is 141 cm³/mol. The molecular formula is C28H43FN4O4. The maximum atomic E-state index is 13.5. The van der Waals surface area contributed by atoms with Crippen LogP contribution in [0.4, 0.5) is 14.9 Å². The number of ether oxygens (including phenoxy) is 1. The summed E-state index contributed by atoms with van der Waals surface area (Å²) < 4.78 is 18.9. The summed E-state index contributed by atoms with van der Waals surface area (Å²) in [5.74, 6) is -0.817. The van der Waals surface area contributed by atoms with Crippen LogP contribution >= 0.6 is 0 Å². The number of carbonyl (C=O) groups excluding carboxylic acids is 2. The monoisotopic (exact) mass is 518 g/mol. The minimum Gasteiger partial charge on any atom is -0.392 e. The van der Waals surface area contributed by atoms with Gasteiger partial charge in [-0.15, -0.1) is 0 Å². The molecule has 1 aliphatic heterocycles. The number of rotatable bonds is 7. The number of halogens is 1. The highest BCUT2D eigenvalue weighted by atomic mass is 19.1. The molecule has 0 spiro atoms. The van der Waals surface area contributed by atoms with Crippen molar-refractivity contribution >= 4 is 17.6 Å². The molecule has 3 aliphatic rings. The lowest BCUT2D eigenvalue weighted by atomic mass is 9.52. The Kier molecular flexibility index (Phi) is 9.08. The van der Waals surface area contributed by atoms with Gasteiger partial charge in [-0.2, -0.15) is 0 Å². The molecule has 3 amide bonds. The molecule has 0 aromatic heterocycles. The molecular weight excluding hydrogens is 475 g/mol. The molecule has 1 aromatic carbocycles. The quantitative estimate of drug-likeness (QED) is 0.444. The van der Waals surface area contributed by atoms with Crippen LogP contribution < -0.4 is 16.0 Å². The first-order valence-electron chi connectivity index (χ1n) is 13.8. The van der Waals surface area contributed by atoms with E-state index in [1.54, 1.807) is 12.1 Å². The van der Waals surface area contributed by atoms with Crippen LogP contribution in [0.3, 0.4) is 0 Å². The van der Waals surface area contributed by atoms with Crippen LogP contribution in [0.5, 0.6) is 0 Å². The third kappa shape index (κ3) is 6.62. The fourth-order valence-corrected chi connectivity index (χ4v) is 6.92. The lowest BCUT2D eigenvalue weighted by Gasteiger charge is -2.56. The van der Waals surface area contributed by atoms with Gasteiger partial charge in [0, 0.05) is 43.8 Å². The summed E-state index contributed by atoms with van der Waals surface area (Å²) in [4.78, 5) is 28.0. The molecule has 0 bridgehead atoms. The lowest BCUT2D eigenvalue weighted by molar-refractivity contribution is -0.141. The van der Waals surface area contributed by atoms with Gasteiger partial charge in [-0.05, 0) is 67.1 Å². The molecule has 206 valence electrons. The van der Waals surface area contributed by atoms with Gasteiger partial charge in [0.05, 0.1) is 19.3 Å². The standard InChI is InChI=1S/C28H43FN4O4/c1-18(26(35)30-11-12-33-13-15-37-16-14-33)22-7-9-28(3)10-8-23(19(2)24(28)25(22)34)32-27(36)31-21-6-4-5-20(29)17-21/h4-6,17-19,22-25,34H,7-16H2,1-3H3,(H,30,35)(H2,31,32,36)/t18-,19+,22?,23-,24+,25-,28-/m0/s1. The molecule has 1 unspecified atom stereocenters. The van der Waals surface area contributed by atoms with E-state index in [2.05, 4.69) is 34.7 Å². The summed E-state index contributed by atoms with van der Waals surface area (Å²) in [6.07, 6.45) is 2.87. The van der Waals surface area contributed by atoms with Crippen molar-refractivity contribution in [1.29, 1.82) is 0 Å². The largest absolute Gasteiger partial charge is 0.392 e. The second kappa shape index (κ2) is 12.1. The summed E-state index contributed by atoms with van der Waals surface area (Å²) in [6.45, 7) is 10.9. The van der Waals surface area contributed by atoms with Crippen molar-refractivity contribution in [2.45, 2.75) is 58.6 Å². The van der Waals surface area contributed by atoms with Crippen LogP contribution in [-0.2, 0) is 9.53 Å². The molecule has 7 atom stereocenters. The Labute approximate surface area is 219 Å². The van der Waals surface area contributed by atoms with Crippen molar-refractivity contribution in [3.63, 3.8) is 0 Å². The molecule has 2 saturated carbocycles. The number of aliphatic hydroxyl groups is 1. The van der Waals surface area contributed by atoms with E-state index in [4.69, 9.17) is 4.74 Å². The zero-order valence-electron chi connectivity index (χ0n) is 22.3. The molecule has 4 N–H and O–H groups in total. The summed E-state index contributed by atoms with van der Waals surface area (Å²) in [5, 5.41) is 20.4. The third-order valence-corrected chi connectivity index (χ3v) is 9.17. The SMILES string of the molecule is C[C@H]1[C@@H]2[C@@H](O)C([C@H](C)C(=O)NCCN3CCOCC3)CC[C@@]2(C)CC[C@@H]1NC(=O)Nc1cccc(F)c1. The average Bonchev–Trinajstić information content (AvgIpc) is 2.86. The van der Waals surface area contributed by atoms with Crippen molar-refractivity contribution < 1.29 is 23.8 Å². The van der Waals surface area contributed by atoms with Crippen molar-refractivity contribution in [2.24, 2.45) is 29.1 Å². The zero-order chi connectivity index (χ0) is 26.6. The highest BCUT2D eigenvalue weighted by Crippen LogP contribution is 2.55. The van der Waals surface area contributed by atoms with Gasteiger partial charge in [0.2, 0.25) is 5.91 Å². The first-order valence-corrected chi connectivity index (χ1v) is 13.8. The van der Waals surface area contributed by atoms with Gasteiger partial charge in [0.15, 0.2) is 0 Å². The maximum Gasteiger partial charge on any atom is 0.319 e. The van der Waals surface area contributed by atoms with Crippen molar-refractivity contribution in [2.75, 3.05) is 44.7 Å². The first kappa shape index (κ1) is 27.8. The highest BCUT2D eigenvalue weighted by Gasteiger charge is 2.53. The van der Waals surface area contributed by atoms with Crippen molar-refractivity contribution in [3.8, 4) is 0 Å². The van der Waals surface area contributed by atoms with Crippen LogP contribution in [0, 0.1) is 34.9 Å². The minimum absolute atomic E-state index is 0.00600. The Morgan fingerprint density at radius 2 is 1.97 bits per heavy atom. The summed E-state index contributed by atoms with van der Waals surface area (Å²) in [7, 11) is 0. The lowest BCUT2D eigenvalue weighted by Crippen LogP contribution is -2.59. The van der Waals surface area contributed by atoms with E-state index in [9.17, 15) is 19.1 Å². The zero-order valence-corrected chi connectivity index (χ0v) is 22.3. The number of fused-ring (bicyclic) bond motifs is 1. The van der Waals surface area contributed by atoms with E-state index in [-0.39, 0.29) is 47.1 Å². The number of hydrogen-bond donors (Lipinski definition) is 4. The Morgan fingerprint density at radius 1 is 1.24 bits per heavy atom. The molecule has 8 nitrogen and oxygen atoms in total. The third-order valence-electron chi connectivity index (χ3n) is 9.17. The number of carbonyl (C=O) groups is 2. The summed E-state index contributed by atoms with van der Waals surface area (Å²) in [5.41, 5.74) is 0.371. The Bertz CT molecular complexity index is 943. The molecule has 37 heavy (non-hydrogen) atoms. The number of urea groups is 1. The smallest absolute Gasteiger partial charge is 0.319 e. The van der Waals surface area contributed by atoms with Crippen LogP contribution in [0.25, 0.3) is 0 Å². The number of nitrogens with zero attached hydrogens (tertiary/aromatic N) is 1. The van der Waals surface area contributed by atoms with E-state index in [0.717, 1.165) is 58.5 Å². The van der Waals surface area contributed by atoms with Gasteiger partial charge in [0.1, 0.15) is 5.82 Å². The molecule has 2 aliphatic carbocycles. The van der Waals surface area contributed by atoms with E-state index >= 15 is 0 Å². The van der Waals surface area contributed by atoms with Crippen LogP contribution in [-0.4, -0.2) is 73.5 Å². The number of nitrogens with one attached hydrogen (secondary N) is 3. The predicted octanol–water partition coefficient (Wildman–Crippen LogP) is 3.22. The first-order chi connectivity index (χ1) is 17.7. The number of morpholine rings is 1. The van der Waals surface area contributed by atoms with E-state index in [1.165, 1.54) is 12.1 Å². The van der Waals surface area contributed by atoms with Gasteiger partial charge in [0.25, 0.3) is 0 Å². The van der Waals surface area contributed by atoms with E-state index < -0.39 is 11.9 Å². The number of benzene rings is 1. The van der Waals surface area contributed by atoms with Gasteiger partial charge >= 0.3 is 6.03 Å². The van der Waals surface area contributed by atoms with Gasteiger partial charge in [-0.3, -0.25) is 9.69 Å². The number of anilines is 1. The molecule has 1 heterocycles. The molecule has 0 radical (unpaired) electrons. The Hall–Kier alpha value is -2.23. The molecule has 1 aromatic rings. The van der Waals surface area contributed by atoms with Crippen molar-refractivity contribution in [3.05, 3.63) is 30.1 Å². The van der Waals surface area contributed by atoms with Gasteiger partial charge in [-0.25, -0.2) is 9.18 Å². The molecule has 9 heteroatoms. The van der Waals surface area contributed by atoms with Crippen molar-refractivity contribution in [1.82, 2.24) is 15.5 Å². The summed E-state index contributed by atoms with van der Waals surface area (Å²) >= 11 is 0. The van der Waals surface area contributed by atoms with E-state index in [1.807, 2.05) is 6.92 Å². The Balaban J connectivity index is 1.33. The van der Waals surface area contributed by atoms with Crippen LogP contribution in [0.15, 0.2) is 24.3 Å². The fourth-order valence-electron chi connectivity index (χ4n) is 6.92. The normalized spacial score (nSPS) is 33.2. The maximum absolute atomic E-state index is 13.5. The summed E-state index contributed by atoms with van der Waals surface area (Å²) in [6, 6.07) is 5.33. The van der Waals surface area contributed by atoms with E-state index in [0.29, 0.717) is 12.2 Å². The number of aliphatic hydroxyl groups excluding tert-OH is 1. The van der Waals surface area contributed by atoms with Gasteiger partial charge < -0.3 is 25.8 Å². The van der Waals surface area contributed by atoms with Crippen LogP contribution in [0.2, 0.25) is 0 Å². The molecule has 1 saturated heterocycles. The topological polar surface area (TPSA) is 103 Å². The molecule has 3 fully saturated rings. The number of amides is 3. The van der Waals surface area contributed by atoms with Gasteiger partial charge in [-0.1, -0.05) is 26.8 Å². The van der Waals surface area contributed by atoms with Crippen LogP contribution in [0.1, 0.15) is 46.5 Å². The average molecular weight is 519 g/mol.